The van der Waals surface area contributed by atoms with Gasteiger partial charge < -0.3 is 17.0 Å². The third kappa shape index (κ3) is 7.13. The molecular formula is C14H23BrMg. The summed E-state index contributed by atoms with van der Waals surface area (Å²) >= 11 is 0. The Hall–Kier alpha value is 0.726. The molecular weight excluding hydrogens is 272 g/mol. The standard InChI is InChI=1S/C14H23.BrH.Mg/c1-3-5-9-13-11-7-8-12-14(13)10-6-4-2;;/h9H,3-8,11-12H2,1-2H3;1H;/q-1;;+2/p-1/b13-9+;;. The predicted octanol–water partition coefficient (Wildman–Crippen LogP) is 1.44. The van der Waals surface area contributed by atoms with E-state index in [0.29, 0.717) is 0 Å². The molecule has 1 fully saturated rings. The van der Waals surface area contributed by atoms with Crippen LogP contribution in [-0.4, -0.2) is 23.1 Å². The van der Waals surface area contributed by atoms with Crippen LogP contribution in [0.25, 0.3) is 0 Å². The number of hydrogen-bond acceptors (Lipinski definition) is 0. The zero-order valence-corrected chi connectivity index (χ0v) is 13.8. The largest absolute Gasteiger partial charge is 2.00 e. The second-order valence-corrected chi connectivity index (χ2v) is 4.13. The van der Waals surface area contributed by atoms with Gasteiger partial charge in [0, 0.05) is 0 Å². The molecule has 0 aromatic heterocycles. The fourth-order valence-corrected chi connectivity index (χ4v) is 1.95. The van der Waals surface area contributed by atoms with Crippen molar-refractivity contribution in [2.75, 3.05) is 0 Å². The van der Waals surface area contributed by atoms with Crippen molar-refractivity contribution in [1.82, 2.24) is 0 Å². The van der Waals surface area contributed by atoms with Crippen molar-refractivity contribution in [1.29, 1.82) is 0 Å². The van der Waals surface area contributed by atoms with E-state index in [1.807, 2.05) is 0 Å². The Morgan fingerprint density at radius 3 is 2.44 bits per heavy atom. The first-order chi connectivity index (χ1) is 6.88. The van der Waals surface area contributed by atoms with Crippen LogP contribution in [0.1, 0.15) is 65.2 Å². The third-order valence-electron chi connectivity index (χ3n) is 2.78. The normalized spacial score (nSPS) is 20.4. The summed E-state index contributed by atoms with van der Waals surface area (Å²) in [6.45, 7) is 4.48. The minimum Gasteiger partial charge on any atom is -1.00 e. The van der Waals surface area contributed by atoms with Crippen molar-refractivity contribution in [3.8, 4) is 0 Å². The molecule has 0 bridgehead atoms. The zero-order chi connectivity index (χ0) is 10.2. The van der Waals surface area contributed by atoms with Gasteiger partial charge in [0.15, 0.2) is 0 Å². The van der Waals surface area contributed by atoms with E-state index in [1.54, 1.807) is 5.57 Å². The van der Waals surface area contributed by atoms with Crippen LogP contribution >= 0.6 is 0 Å². The van der Waals surface area contributed by atoms with Crippen LogP contribution in [0.2, 0.25) is 0 Å². The third-order valence-corrected chi connectivity index (χ3v) is 2.78. The van der Waals surface area contributed by atoms with Crippen LogP contribution < -0.4 is 17.0 Å². The Kier molecular flexibility index (Phi) is 14.5. The summed E-state index contributed by atoms with van der Waals surface area (Å²) in [4.78, 5) is 0. The molecule has 88 valence electrons. The minimum atomic E-state index is 0. The van der Waals surface area contributed by atoms with E-state index in [9.17, 15) is 0 Å². The monoisotopic (exact) mass is 294 g/mol. The molecule has 0 saturated heterocycles. The Labute approximate surface area is 128 Å². The molecule has 0 aromatic carbocycles. The summed E-state index contributed by atoms with van der Waals surface area (Å²) in [5.74, 6) is 0. The van der Waals surface area contributed by atoms with Crippen molar-refractivity contribution in [2.45, 2.75) is 65.2 Å². The molecule has 0 heterocycles. The van der Waals surface area contributed by atoms with Crippen molar-refractivity contribution in [3.05, 3.63) is 23.3 Å². The van der Waals surface area contributed by atoms with E-state index in [4.69, 9.17) is 0 Å². The molecule has 0 radical (unpaired) electrons. The molecule has 0 unspecified atom stereocenters. The zero-order valence-electron chi connectivity index (χ0n) is 10.8. The van der Waals surface area contributed by atoms with Crippen LogP contribution in [0, 0.1) is 6.08 Å². The second-order valence-electron chi connectivity index (χ2n) is 4.13. The van der Waals surface area contributed by atoms with E-state index in [2.05, 4.69) is 26.0 Å². The average Bonchev–Trinajstić information content (AvgIpc) is 2.24. The van der Waals surface area contributed by atoms with Gasteiger partial charge in [0.25, 0.3) is 0 Å². The molecule has 0 nitrogen and oxygen atoms in total. The van der Waals surface area contributed by atoms with Gasteiger partial charge in [-0.25, -0.2) is 5.57 Å². The van der Waals surface area contributed by atoms with Crippen LogP contribution in [0.15, 0.2) is 17.2 Å². The summed E-state index contributed by atoms with van der Waals surface area (Å²) in [6, 6.07) is 0. The average molecular weight is 296 g/mol. The molecule has 1 aliphatic rings. The number of allylic oxidation sites excluding steroid dienone is 4. The second kappa shape index (κ2) is 12.2. The Bertz CT molecular complexity index is 195. The maximum atomic E-state index is 3.58. The van der Waals surface area contributed by atoms with Crippen molar-refractivity contribution >= 4 is 23.1 Å². The molecule has 1 aliphatic carbocycles. The van der Waals surface area contributed by atoms with Gasteiger partial charge in [0.1, 0.15) is 0 Å². The molecule has 1 saturated carbocycles. The van der Waals surface area contributed by atoms with Crippen LogP contribution in [0.5, 0.6) is 0 Å². The summed E-state index contributed by atoms with van der Waals surface area (Å²) in [7, 11) is 0. The molecule has 16 heavy (non-hydrogen) atoms. The van der Waals surface area contributed by atoms with Gasteiger partial charge >= 0.3 is 23.1 Å². The molecule has 0 amide bonds. The van der Waals surface area contributed by atoms with Gasteiger partial charge in [-0.3, -0.25) is 6.08 Å². The van der Waals surface area contributed by atoms with E-state index < -0.39 is 0 Å². The molecule has 1 rings (SSSR count). The number of hydrogen-bond donors (Lipinski definition) is 0. The Balaban J connectivity index is 0. The van der Waals surface area contributed by atoms with E-state index >= 15 is 0 Å². The number of rotatable bonds is 4. The quantitative estimate of drug-likeness (QED) is 0.544. The van der Waals surface area contributed by atoms with Crippen LogP contribution in [0.3, 0.4) is 0 Å². The van der Waals surface area contributed by atoms with E-state index in [-0.39, 0.29) is 40.0 Å². The summed E-state index contributed by atoms with van der Waals surface area (Å²) in [5, 5.41) is 0. The molecule has 0 atom stereocenters. The first-order valence-corrected chi connectivity index (χ1v) is 6.17. The number of halogens is 1. The summed E-state index contributed by atoms with van der Waals surface area (Å²) in [6.07, 6.45) is 16.2. The first kappa shape index (κ1) is 19.1. The maximum Gasteiger partial charge on any atom is 2.00 e. The van der Waals surface area contributed by atoms with Gasteiger partial charge in [-0.2, -0.15) is 11.6 Å². The van der Waals surface area contributed by atoms with Crippen molar-refractivity contribution < 1.29 is 17.0 Å². The van der Waals surface area contributed by atoms with Gasteiger partial charge in [-0.05, 0) is 0 Å². The van der Waals surface area contributed by atoms with E-state index in [0.717, 1.165) is 6.42 Å². The smallest absolute Gasteiger partial charge is 1.00 e. The SMILES string of the molecule is CCC[C-]=C1CCCC/C1=C\CCC.[Br-].[Mg+2]. The van der Waals surface area contributed by atoms with Gasteiger partial charge in [0.05, 0.1) is 0 Å². The van der Waals surface area contributed by atoms with Crippen LogP contribution in [0.4, 0.5) is 0 Å². The van der Waals surface area contributed by atoms with E-state index in [1.165, 1.54) is 50.5 Å². The number of unbranched alkanes of at least 4 members (excludes halogenated alkanes) is 2. The Morgan fingerprint density at radius 1 is 1.12 bits per heavy atom. The fourth-order valence-electron chi connectivity index (χ4n) is 1.95. The molecule has 0 aromatic rings. The molecule has 0 spiro atoms. The predicted molar refractivity (Wildman–Crippen MR) is 68.9 cm³/mol. The molecule has 0 N–H and O–H groups in total. The maximum absolute atomic E-state index is 3.58. The van der Waals surface area contributed by atoms with Gasteiger partial charge in [0.2, 0.25) is 0 Å². The minimum absolute atomic E-state index is 0. The Morgan fingerprint density at radius 2 is 1.81 bits per heavy atom. The topological polar surface area (TPSA) is 0 Å². The molecule has 2 heteroatoms. The van der Waals surface area contributed by atoms with Crippen molar-refractivity contribution in [2.24, 2.45) is 0 Å². The van der Waals surface area contributed by atoms with Crippen LogP contribution in [-0.2, 0) is 0 Å². The fraction of sp³-hybridized carbons (Fsp3) is 0.714. The first-order valence-electron chi connectivity index (χ1n) is 6.17. The summed E-state index contributed by atoms with van der Waals surface area (Å²) < 4.78 is 0. The van der Waals surface area contributed by atoms with Crippen molar-refractivity contribution in [3.63, 3.8) is 0 Å². The molecule has 0 aliphatic heterocycles. The van der Waals surface area contributed by atoms with Gasteiger partial charge in [-0.15, -0.1) is 6.42 Å². The summed E-state index contributed by atoms with van der Waals surface area (Å²) in [5.41, 5.74) is 3.14. The van der Waals surface area contributed by atoms with Gasteiger partial charge in [-0.1, -0.05) is 58.8 Å².